The minimum atomic E-state index is 0. The summed E-state index contributed by atoms with van der Waals surface area (Å²) in [4.78, 5) is 4.26. The second-order valence-electron chi connectivity index (χ2n) is 5.38. The molecule has 2 N–H and O–H groups in total. The van der Waals surface area contributed by atoms with Gasteiger partial charge in [0, 0.05) is 26.6 Å². The van der Waals surface area contributed by atoms with Gasteiger partial charge in [-0.1, -0.05) is 6.07 Å². The van der Waals surface area contributed by atoms with Crippen LogP contribution in [0.15, 0.2) is 23.2 Å². The molecule has 0 atom stereocenters. The standard InChI is InChI=1S/C17H27N3O2S.HI/c1-18-17(19-8-3-4-11-23-2)20-13-14-6-7-15-16(12-14)22-10-5-9-21-15;/h6-7,12H,3-5,8-11,13H2,1-2H3,(H2,18,19,20);1H. The lowest BCUT2D eigenvalue weighted by molar-refractivity contribution is 0.297. The number of fused-ring (bicyclic) bond motifs is 1. The summed E-state index contributed by atoms with van der Waals surface area (Å²) in [6.07, 6.45) is 5.46. The van der Waals surface area contributed by atoms with E-state index >= 15 is 0 Å². The Morgan fingerprint density at radius 3 is 2.71 bits per heavy atom. The number of ether oxygens (including phenoxy) is 2. The van der Waals surface area contributed by atoms with Crippen molar-refractivity contribution in [2.45, 2.75) is 25.8 Å². The minimum Gasteiger partial charge on any atom is -0.490 e. The van der Waals surface area contributed by atoms with Crippen molar-refractivity contribution in [3.05, 3.63) is 23.8 Å². The maximum absolute atomic E-state index is 5.72. The van der Waals surface area contributed by atoms with Crippen LogP contribution < -0.4 is 20.1 Å². The van der Waals surface area contributed by atoms with Gasteiger partial charge in [-0.15, -0.1) is 24.0 Å². The Morgan fingerprint density at radius 2 is 1.96 bits per heavy atom. The van der Waals surface area contributed by atoms with Crippen LogP contribution in [0.3, 0.4) is 0 Å². The molecule has 24 heavy (non-hydrogen) atoms. The van der Waals surface area contributed by atoms with Gasteiger partial charge in [0.25, 0.3) is 0 Å². The fraction of sp³-hybridized carbons (Fsp3) is 0.588. The Labute approximate surface area is 166 Å². The van der Waals surface area contributed by atoms with E-state index in [0.717, 1.165) is 49.0 Å². The van der Waals surface area contributed by atoms with Crippen molar-refractivity contribution >= 4 is 41.7 Å². The Kier molecular flexibility index (Phi) is 11.1. The van der Waals surface area contributed by atoms with Gasteiger partial charge in [-0.3, -0.25) is 4.99 Å². The van der Waals surface area contributed by atoms with Gasteiger partial charge in [0.2, 0.25) is 0 Å². The van der Waals surface area contributed by atoms with Gasteiger partial charge in [0.15, 0.2) is 17.5 Å². The van der Waals surface area contributed by atoms with E-state index < -0.39 is 0 Å². The van der Waals surface area contributed by atoms with E-state index in [2.05, 4.69) is 27.9 Å². The molecule has 1 aromatic carbocycles. The molecule has 0 saturated carbocycles. The van der Waals surface area contributed by atoms with Gasteiger partial charge in [0.05, 0.1) is 13.2 Å². The van der Waals surface area contributed by atoms with Crippen LogP contribution in [0.1, 0.15) is 24.8 Å². The molecule has 1 heterocycles. The Bertz CT molecular complexity index is 515. The third-order valence-electron chi connectivity index (χ3n) is 3.56. The van der Waals surface area contributed by atoms with E-state index in [-0.39, 0.29) is 24.0 Å². The summed E-state index contributed by atoms with van der Waals surface area (Å²) < 4.78 is 11.4. The molecule has 1 aromatic rings. The van der Waals surface area contributed by atoms with Crippen LogP contribution in [-0.2, 0) is 6.54 Å². The van der Waals surface area contributed by atoms with Crippen molar-refractivity contribution < 1.29 is 9.47 Å². The number of rotatable bonds is 7. The predicted octanol–water partition coefficient (Wildman–Crippen LogP) is 3.27. The number of unbranched alkanes of at least 4 members (excludes halogenated alkanes) is 1. The molecule has 0 radical (unpaired) electrons. The molecule has 0 aliphatic carbocycles. The molecule has 0 amide bonds. The van der Waals surface area contributed by atoms with Crippen LogP contribution >= 0.6 is 35.7 Å². The van der Waals surface area contributed by atoms with Crippen molar-refractivity contribution in [1.82, 2.24) is 10.6 Å². The molecule has 1 aliphatic rings. The molecule has 136 valence electrons. The average Bonchev–Trinajstić information content (AvgIpc) is 2.82. The third kappa shape index (κ3) is 7.38. The molecule has 0 fully saturated rings. The quantitative estimate of drug-likeness (QED) is 0.280. The highest BCUT2D eigenvalue weighted by molar-refractivity contribution is 14.0. The molecule has 5 nitrogen and oxygen atoms in total. The van der Waals surface area contributed by atoms with Crippen molar-refractivity contribution in [2.75, 3.05) is 38.8 Å². The molecule has 1 aliphatic heterocycles. The summed E-state index contributed by atoms with van der Waals surface area (Å²) in [6.45, 7) is 3.09. The first-order chi connectivity index (χ1) is 11.3. The van der Waals surface area contributed by atoms with Gasteiger partial charge in [-0.05, 0) is 42.5 Å². The molecule has 0 bridgehead atoms. The lowest BCUT2D eigenvalue weighted by Gasteiger charge is -2.13. The fourth-order valence-electron chi connectivity index (χ4n) is 2.30. The average molecular weight is 465 g/mol. The van der Waals surface area contributed by atoms with Crippen LogP contribution in [0, 0.1) is 0 Å². The van der Waals surface area contributed by atoms with Crippen molar-refractivity contribution in [3.63, 3.8) is 0 Å². The summed E-state index contributed by atoms with van der Waals surface area (Å²) in [5.41, 5.74) is 1.15. The second-order valence-corrected chi connectivity index (χ2v) is 6.37. The molecule has 0 spiro atoms. The number of halogens is 1. The van der Waals surface area contributed by atoms with Crippen LogP contribution in [0.2, 0.25) is 0 Å². The number of hydrogen-bond acceptors (Lipinski definition) is 4. The first kappa shape index (κ1) is 21.2. The Morgan fingerprint density at radius 1 is 1.17 bits per heavy atom. The maximum atomic E-state index is 5.72. The van der Waals surface area contributed by atoms with E-state index in [1.54, 1.807) is 7.05 Å². The van der Waals surface area contributed by atoms with Crippen molar-refractivity contribution in [3.8, 4) is 11.5 Å². The SMILES string of the molecule is CN=C(NCCCCSC)NCc1ccc2c(c1)OCCCO2.I. The van der Waals surface area contributed by atoms with E-state index in [1.165, 1.54) is 12.2 Å². The lowest BCUT2D eigenvalue weighted by atomic mass is 10.2. The largest absolute Gasteiger partial charge is 0.490 e. The number of hydrogen-bond donors (Lipinski definition) is 2. The number of nitrogens with one attached hydrogen (secondary N) is 2. The molecular weight excluding hydrogens is 437 g/mol. The van der Waals surface area contributed by atoms with Crippen molar-refractivity contribution in [1.29, 1.82) is 0 Å². The van der Waals surface area contributed by atoms with Crippen LogP contribution in [0.5, 0.6) is 11.5 Å². The Balaban J connectivity index is 0.00000288. The molecular formula is C17H28IN3O2S. The molecule has 2 rings (SSSR count). The summed E-state index contributed by atoms with van der Waals surface area (Å²) >= 11 is 1.89. The summed E-state index contributed by atoms with van der Waals surface area (Å²) in [5.74, 6) is 3.72. The van der Waals surface area contributed by atoms with E-state index in [9.17, 15) is 0 Å². The highest BCUT2D eigenvalue weighted by Crippen LogP contribution is 2.30. The van der Waals surface area contributed by atoms with Gasteiger partial charge >= 0.3 is 0 Å². The van der Waals surface area contributed by atoms with Crippen LogP contribution in [-0.4, -0.2) is 44.8 Å². The number of benzene rings is 1. The smallest absolute Gasteiger partial charge is 0.191 e. The number of aliphatic imine (C=N–C) groups is 1. The first-order valence-electron chi connectivity index (χ1n) is 8.15. The van der Waals surface area contributed by atoms with Crippen molar-refractivity contribution in [2.24, 2.45) is 4.99 Å². The first-order valence-corrected chi connectivity index (χ1v) is 9.55. The number of guanidine groups is 1. The normalized spacial score (nSPS) is 13.7. The monoisotopic (exact) mass is 465 g/mol. The summed E-state index contributed by atoms with van der Waals surface area (Å²) in [5, 5.41) is 6.68. The summed E-state index contributed by atoms with van der Waals surface area (Å²) in [6, 6.07) is 6.09. The molecule has 0 saturated heterocycles. The Hall–Kier alpha value is -0.830. The molecule has 0 aromatic heterocycles. The highest BCUT2D eigenvalue weighted by Gasteiger charge is 2.10. The number of thioether (sulfide) groups is 1. The topological polar surface area (TPSA) is 54.9 Å². The second kappa shape index (κ2) is 12.5. The molecule has 7 heteroatoms. The summed E-state index contributed by atoms with van der Waals surface area (Å²) in [7, 11) is 1.80. The lowest BCUT2D eigenvalue weighted by Crippen LogP contribution is -2.37. The van der Waals surface area contributed by atoms with E-state index in [1.807, 2.05) is 23.9 Å². The van der Waals surface area contributed by atoms with Gasteiger partial charge in [0.1, 0.15) is 0 Å². The van der Waals surface area contributed by atoms with E-state index in [0.29, 0.717) is 13.2 Å². The number of nitrogens with zero attached hydrogens (tertiary/aromatic N) is 1. The van der Waals surface area contributed by atoms with Crippen LogP contribution in [0.25, 0.3) is 0 Å². The zero-order valence-corrected chi connectivity index (χ0v) is 17.6. The van der Waals surface area contributed by atoms with Gasteiger partial charge < -0.3 is 20.1 Å². The van der Waals surface area contributed by atoms with Crippen LogP contribution in [0.4, 0.5) is 0 Å². The van der Waals surface area contributed by atoms with E-state index in [4.69, 9.17) is 9.47 Å². The molecule has 0 unspecified atom stereocenters. The van der Waals surface area contributed by atoms with Gasteiger partial charge in [-0.2, -0.15) is 11.8 Å². The third-order valence-corrected chi connectivity index (χ3v) is 4.26. The fourth-order valence-corrected chi connectivity index (χ4v) is 2.80. The zero-order chi connectivity index (χ0) is 16.3. The maximum Gasteiger partial charge on any atom is 0.191 e. The predicted molar refractivity (Wildman–Crippen MR) is 113 cm³/mol. The highest BCUT2D eigenvalue weighted by atomic mass is 127. The zero-order valence-electron chi connectivity index (χ0n) is 14.5. The van der Waals surface area contributed by atoms with Gasteiger partial charge in [-0.25, -0.2) is 0 Å². The minimum absolute atomic E-state index is 0.